The maximum atomic E-state index is 12.0. The number of rotatable bonds is 13. The molecule has 0 bridgehead atoms. The number of aromatic nitrogens is 1. The number of carbonyl (C=O) groups is 1. The first kappa shape index (κ1) is 29.6. The molecule has 220 valence electrons. The van der Waals surface area contributed by atoms with E-state index in [0.717, 1.165) is 106 Å². The van der Waals surface area contributed by atoms with E-state index < -0.39 is 5.97 Å². The lowest BCUT2D eigenvalue weighted by atomic mass is 9.72. The Labute approximate surface area is 244 Å². The molecule has 7 nitrogen and oxygen atoms in total. The van der Waals surface area contributed by atoms with Gasteiger partial charge in [0.05, 0.1) is 32.3 Å². The van der Waals surface area contributed by atoms with Crippen molar-refractivity contribution < 1.29 is 19.4 Å². The van der Waals surface area contributed by atoms with Gasteiger partial charge in [0.15, 0.2) is 0 Å². The number of nitrogens with zero attached hydrogens (tertiary/aromatic N) is 3. The van der Waals surface area contributed by atoms with Crippen molar-refractivity contribution in [3.05, 3.63) is 35.5 Å². The number of morpholine rings is 1. The lowest BCUT2D eigenvalue weighted by Gasteiger charge is -2.41. The molecule has 3 fully saturated rings. The van der Waals surface area contributed by atoms with E-state index in [1.807, 2.05) is 12.1 Å². The number of hydrogen-bond acceptors (Lipinski definition) is 7. The van der Waals surface area contributed by atoms with Crippen molar-refractivity contribution in [2.24, 2.45) is 5.41 Å². The number of aryl methyl sites for hydroxylation is 1. The molecule has 1 N–H and O–H groups in total. The van der Waals surface area contributed by atoms with E-state index in [9.17, 15) is 9.90 Å². The summed E-state index contributed by atoms with van der Waals surface area (Å²) in [5.74, 6) is 1.40. The molecule has 8 heteroatoms. The summed E-state index contributed by atoms with van der Waals surface area (Å²) in [6.07, 6.45) is 12.7. The van der Waals surface area contributed by atoms with Gasteiger partial charge in [-0.25, -0.2) is 0 Å². The van der Waals surface area contributed by atoms with Crippen molar-refractivity contribution in [1.82, 2.24) is 14.8 Å². The molecule has 3 heterocycles. The van der Waals surface area contributed by atoms with Gasteiger partial charge in [0.25, 0.3) is 0 Å². The standard InChI is InChI=1S/C32H47N3O4S/c1-38-26-8-9-30-29(21-26)28(25(23-33-30)24-35-15-18-39-19-16-35)7-4-10-32(22-31(36)37)11-13-34(14-12-32)17-20-40-27-5-2-3-6-27/h8-9,21,23,27H,2-7,10-20,22,24H2,1H3,(H,36,37). The van der Waals surface area contributed by atoms with E-state index in [0.29, 0.717) is 0 Å². The minimum atomic E-state index is -0.655. The van der Waals surface area contributed by atoms with Gasteiger partial charge in [-0.15, -0.1) is 0 Å². The molecule has 1 saturated carbocycles. The van der Waals surface area contributed by atoms with E-state index in [2.05, 4.69) is 33.8 Å². The number of thioether (sulfide) groups is 1. The average Bonchev–Trinajstić information content (AvgIpc) is 3.49. The zero-order chi connectivity index (χ0) is 27.8. The van der Waals surface area contributed by atoms with Crippen LogP contribution < -0.4 is 4.74 Å². The molecular formula is C32H47N3O4S. The molecule has 2 aromatic rings. The maximum absolute atomic E-state index is 12.0. The third-order valence-electron chi connectivity index (χ3n) is 9.41. The molecule has 0 unspecified atom stereocenters. The van der Waals surface area contributed by atoms with Crippen molar-refractivity contribution in [1.29, 1.82) is 0 Å². The lowest BCUT2D eigenvalue weighted by molar-refractivity contribution is -0.140. The first-order valence-corrected chi connectivity index (χ1v) is 16.4. The second-order valence-electron chi connectivity index (χ2n) is 12.1. The predicted molar refractivity (Wildman–Crippen MR) is 162 cm³/mol. The fourth-order valence-corrected chi connectivity index (χ4v) is 8.32. The first-order valence-electron chi connectivity index (χ1n) is 15.3. The van der Waals surface area contributed by atoms with Gasteiger partial charge in [-0.2, -0.15) is 11.8 Å². The minimum Gasteiger partial charge on any atom is -0.497 e. The highest BCUT2D eigenvalue weighted by Crippen LogP contribution is 2.41. The molecule has 0 radical (unpaired) electrons. The fraction of sp³-hybridized carbons (Fsp3) is 0.688. The van der Waals surface area contributed by atoms with Crippen LogP contribution in [0.4, 0.5) is 0 Å². The Hall–Kier alpha value is -1.87. The number of fused-ring (bicyclic) bond motifs is 1. The minimum absolute atomic E-state index is 0.105. The van der Waals surface area contributed by atoms with Crippen LogP contribution in [0.3, 0.4) is 0 Å². The van der Waals surface area contributed by atoms with Gasteiger partial charge < -0.3 is 19.5 Å². The summed E-state index contributed by atoms with van der Waals surface area (Å²) in [7, 11) is 1.71. The molecule has 3 aliphatic rings. The molecule has 2 saturated heterocycles. The van der Waals surface area contributed by atoms with Gasteiger partial charge >= 0.3 is 5.97 Å². The van der Waals surface area contributed by atoms with Crippen molar-refractivity contribution in [2.75, 3.05) is 58.8 Å². The molecule has 2 aliphatic heterocycles. The molecule has 1 aliphatic carbocycles. The molecule has 0 spiro atoms. The van der Waals surface area contributed by atoms with Crippen LogP contribution in [0.25, 0.3) is 10.9 Å². The molecule has 0 amide bonds. The highest BCUT2D eigenvalue weighted by atomic mass is 32.2. The van der Waals surface area contributed by atoms with Crippen LogP contribution >= 0.6 is 11.8 Å². The predicted octanol–water partition coefficient (Wildman–Crippen LogP) is 5.63. The number of piperidine rings is 1. The monoisotopic (exact) mass is 569 g/mol. The van der Waals surface area contributed by atoms with Gasteiger partial charge in [-0.3, -0.25) is 14.7 Å². The number of likely N-dealkylation sites (tertiary alicyclic amines) is 1. The van der Waals surface area contributed by atoms with Gasteiger partial charge in [0.2, 0.25) is 0 Å². The van der Waals surface area contributed by atoms with Crippen LogP contribution in [-0.2, 0) is 22.5 Å². The van der Waals surface area contributed by atoms with Gasteiger partial charge in [0, 0.05) is 48.8 Å². The zero-order valence-electron chi connectivity index (χ0n) is 24.2. The third-order valence-corrected chi connectivity index (χ3v) is 10.8. The SMILES string of the molecule is COc1ccc2ncc(CN3CCOCC3)c(CCCC3(CC(=O)O)CCN(CCSC4CCCC4)CC3)c2c1. The Balaban J connectivity index is 1.24. The van der Waals surface area contributed by atoms with Crippen molar-refractivity contribution in [2.45, 2.75) is 76.0 Å². The zero-order valence-corrected chi connectivity index (χ0v) is 25.1. The van der Waals surface area contributed by atoms with Crippen LogP contribution in [0, 0.1) is 5.41 Å². The van der Waals surface area contributed by atoms with E-state index >= 15 is 0 Å². The van der Waals surface area contributed by atoms with Gasteiger partial charge in [-0.1, -0.05) is 12.8 Å². The molecule has 1 aromatic carbocycles. The maximum Gasteiger partial charge on any atom is 0.303 e. The normalized spacial score (nSPS) is 20.7. The average molecular weight is 570 g/mol. The third kappa shape index (κ3) is 7.90. The van der Waals surface area contributed by atoms with Crippen LogP contribution in [0.15, 0.2) is 24.4 Å². The van der Waals surface area contributed by atoms with E-state index in [-0.39, 0.29) is 11.8 Å². The number of carboxylic acids is 1. The number of pyridine rings is 1. The van der Waals surface area contributed by atoms with E-state index in [1.54, 1.807) is 7.11 Å². The van der Waals surface area contributed by atoms with Crippen LogP contribution in [0.2, 0.25) is 0 Å². The Bertz CT molecular complexity index is 1110. The second-order valence-corrected chi connectivity index (χ2v) is 13.5. The molecule has 40 heavy (non-hydrogen) atoms. The molecule has 0 atom stereocenters. The quantitative estimate of drug-likeness (QED) is 0.333. The number of methoxy groups -OCH3 is 1. The van der Waals surface area contributed by atoms with E-state index in [1.165, 1.54) is 42.6 Å². The highest BCUT2D eigenvalue weighted by molar-refractivity contribution is 7.99. The van der Waals surface area contributed by atoms with Crippen LogP contribution in [0.5, 0.6) is 5.75 Å². The molecular weight excluding hydrogens is 522 g/mol. The Kier molecular flexibility index (Phi) is 10.6. The molecule has 1 aromatic heterocycles. The Morgan fingerprint density at radius 1 is 1.15 bits per heavy atom. The summed E-state index contributed by atoms with van der Waals surface area (Å²) < 4.78 is 11.1. The van der Waals surface area contributed by atoms with Gasteiger partial charge in [0.1, 0.15) is 5.75 Å². The first-order chi connectivity index (χ1) is 19.5. The second kappa shape index (κ2) is 14.3. The summed E-state index contributed by atoms with van der Waals surface area (Å²) in [4.78, 5) is 21.8. The topological polar surface area (TPSA) is 75.1 Å². The lowest BCUT2D eigenvalue weighted by Crippen LogP contribution is -2.42. The van der Waals surface area contributed by atoms with E-state index in [4.69, 9.17) is 14.5 Å². The van der Waals surface area contributed by atoms with Crippen LogP contribution in [0.1, 0.15) is 68.9 Å². The smallest absolute Gasteiger partial charge is 0.303 e. The summed E-state index contributed by atoms with van der Waals surface area (Å²) in [6, 6.07) is 6.14. The van der Waals surface area contributed by atoms with Gasteiger partial charge in [-0.05, 0) is 92.8 Å². The number of carboxylic acid groups (broad SMARTS) is 1. The highest BCUT2D eigenvalue weighted by Gasteiger charge is 2.36. The number of ether oxygens (including phenoxy) is 2. The molecule has 5 rings (SSSR count). The number of aliphatic carboxylic acids is 1. The summed E-state index contributed by atoms with van der Waals surface area (Å²) >= 11 is 2.16. The Morgan fingerprint density at radius 2 is 1.93 bits per heavy atom. The largest absolute Gasteiger partial charge is 0.497 e. The van der Waals surface area contributed by atoms with Crippen molar-refractivity contribution in [3.63, 3.8) is 0 Å². The fourth-order valence-electron chi connectivity index (χ4n) is 6.96. The summed E-state index contributed by atoms with van der Waals surface area (Å²) in [6.45, 7) is 7.48. The number of benzene rings is 1. The van der Waals surface area contributed by atoms with Crippen LogP contribution in [-0.4, -0.2) is 89.9 Å². The van der Waals surface area contributed by atoms with Crippen molar-refractivity contribution in [3.8, 4) is 5.75 Å². The summed E-state index contributed by atoms with van der Waals surface area (Å²) in [5.41, 5.74) is 3.49. The summed E-state index contributed by atoms with van der Waals surface area (Å²) in [5, 5.41) is 11.9. The van der Waals surface area contributed by atoms with Crippen molar-refractivity contribution >= 4 is 28.6 Å². The Morgan fingerprint density at radius 3 is 2.65 bits per heavy atom. The number of hydrogen-bond donors (Lipinski definition) is 1.